The summed E-state index contributed by atoms with van der Waals surface area (Å²) in [6.07, 6.45) is 5.88. The van der Waals surface area contributed by atoms with Crippen LogP contribution < -0.4 is 5.32 Å². The monoisotopic (exact) mass is 298 g/mol. The first-order valence-corrected chi connectivity index (χ1v) is 7.88. The van der Waals surface area contributed by atoms with Gasteiger partial charge in [0, 0.05) is 19.7 Å². The van der Waals surface area contributed by atoms with Crippen LogP contribution in [-0.2, 0) is 14.3 Å². The molecule has 2 fully saturated rings. The molecule has 0 spiro atoms. The Kier molecular flexibility index (Phi) is 5.99. The number of likely N-dealkylation sites (tertiary alicyclic amines) is 1. The van der Waals surface area contributed by atoms with Gasteiger partial charge < -0.3 is 20.1 Å². The first-order valence-electron chi connectivity index (χ1n) is 7.88. The highest BCUT2D eigenvalue weighted by Gasteiger charge is 2.43. The van der Waals surface area contributed by atoms with Crippen molar-refractivity contribution in [1.29, 1.82) is 0 Å². The molecule has 21 heavy (non-hydrogen) atoms. The van der Waals surface area contributed by atoms with E-state index in [0.717, 1.165) is 25.7 Å². The van der Waals surface area contributed by atoms with Crippen molar-refractivity contribution in [2.45, 2.75) is 50.6 Å². The highest BCUT2D eigenvalue weighted by atomic mass is 16.5. The minimum Gasteiger partial charge on any atom is -0.480 e. The molecule has 120 valence electrons. The summed E-state index contributed by atoms with van der Waals surface area (Å²) < 4.78 is 4.93. The van der Waals surface area contributed by atoms with Crippen LogP contribution in [0, 0.1) is 5.92 Å². The van der Waals surface area contributed by atoms with E-state index >= 15 is 0 Å². The number of aliphatic carboxylic acids is 1. The number of carboxylic acid groups (broad SMARTS) is 1. The Morgan fingerprint density at radius 1 is 1.24 bits per heavy atom. The Bertz CT molecular complexity index is 375. The van der Waals surface area contributed by atoms with E-state index in [0.29, 0.717) is 25.5 Å². The number of carbonyl (C=O) groups excluding carboxylic acids is 1. The van der Waals surface area contributed by atoms with Gasteiger partial charge in [-0.3, -0.25) is 4.79 Å². The van der Waals surface area contributed by atoms with E-state index in [1.807, 2.05) is 0 Å². The minimum atomic E-state index is -0.871. The van der Waals surface area contributed by atoms with Gasteiger partial charge in [0.2, 0.25) is 5.91 Å². The molecule has 1 saturated heterocycles. The van der Waals surface area contributed by atoms with Gasteiger partial charge in [-0.15, -0.1) is 0 Å². The van der Waals surface area contributed by atoms with Crippen LogP contribution in [0.2, 0.25) is 0 Å². The minimum absolute atomic E-state index is 0.0879. The lowest BCUT2D eigenvalue weighted by atomic mass is 9.76. The molecule has 1 heterocycles. The maximum absolute atomic E-state index is 12.5. The predicted octanol–water partition coefficient (Wildman–Crippen LogP) is 0.857. The fourth-order valence-electron chi connectivity index (χ4n) is 3.70. The molecule has 1 saturated carbocycles. The molecule has 3 unspecified atom stereocenters. The van der Waals surface area contributed by atoms with Crippen molar-refractivity contribution in [3.05, 3.63) is 0 Å². The van der Waals surface area contributed by atoms with Crippen molar-refractivity contribution in [3.8, 4) is 0 Å². The SMILES string of the molecule is COCCNCC(=O)N1C(C(=O)O)CCC2CCCCC21. The van der Waals surface area contributed by atoms with Gasteiger partial charge in [0.1, 0.15) is 6.04 Å². The average molecular weight is 298 g/mol. The third-order valence-corrected chi connectivity index (χ3v) is 4.71. The zero-order valence-corrected chi connectivity index (χ0v) is 12.7. The number of carbonyl (C=O) groups is 2. The van der Waals surface area contributed by atoms with Crippen LogP contribution in [0.5, 0.6) is 0 Å². The molecule has 3 atom stereocenters. The summed E-state index contributed by atoms with van der Waals surface area (Å²) in [7, 11) is 1.61. The van der Waals surface area contributed by atoms with Crippen LogP contribution in [0.25, 0.3) is 0 Å². The normalized spacial score (nSPS) is 29.0. The molecule has 0 bridgehead atoms. The zero-order chi connectivity index (χ0) is 15.2. The number of nitrogens with zero attached hydrogens (tertiary/aromatic N) is 1. The van der Waals surface area contributed by atoms with E-state index in [1.165, 1.54) is 6.42 Å². The highest BCUT2D eigenvalue weighted by molar-refractivity contribution is 5.85. The number of rotatable bonds is 6. The lowest BCUT2D eigenvalue weighted by molar-refractivity contribution is -0.157. The quantitative estimate of drug-likeness (QED) is 0.711. The second-order valence-electron chi connectivity index (χ2n) is 6.01. The van der Waals surface area contributed by atoms with Crippen LogP contribution in [-0.4, -0.2) is 60.8 Å². The van der Waals surface area contributed by atoms with E-state index in [-0.39, 0.29) is 18.5 Å². The maximum atomic E-state index is 12.5. The van der Waals surface area contributed by atoms with E-state index in [4.69, 9.17) is 4.74 Å². The molecular weight excluding hydrogens is 272 g/mol. The molecule has 0 radical (unpaired) electrons. The number of fused-ring (bicyclic) bond motifs is 1. The molecule has 2 rings (SSSR count). The Morgan fingerprint density at radius 3 is 2.71 bits per heavy atom. The van der Waals surface area contributed by atoms with Gasteiger partial charge in [0.15, 0.2) is 0 Å². The number of piperidine rings is 1. The van der Waals surface area contributed by atoms with Gasteiger partial charge in [-0.2, -0.15) is 0 Å². The third kappa shape index (κ3) is 3.95. The summed E-state index contributed by atoms with van der Waals surface area (Å²) in [6, 6.07) is -0.536. The summed E-state index contributed by atoms with van der Waals surface area (Å²) >= 11 is 0. The van der Waals surface area contributed by atoms with Crippen LogP contribution in [0.15, 0.2) is 0 Å². The average Bonchev–Trinajstić information content (AvgIpc) is 2.50. The third-order valence-electron chi connectivity index (χ3n) is 4.71. The van der Waals surface area contributed by atoms with Crippen molar-refractivity contribution in [2.24, 2.45) is 5.92 Å². The summed E-state index contributed by atoms with van der Waals surface area (Å²) in [6.45, 7) is 1.33. The summed E-state index contributed by atoms with van der Waals surface area (Å²) in [5.41, 5.74) is 0. The van der Waals surface area contributed by atoms with Crippen molar-refractivity contribution in [2.75, 3.05) is 26.8 Å². The molecule has 0 aromatic heterocycles. The maximum Gasteiger partial charge on any atom is 0.326 e. The second kappa shape index (κ2) is 7.75. The van der Waals surface area contributed by atoms with E-state index in [9.17, 15) is 14.7 Å². The summed E-state index contributed by atoms with van der Waals surface area (Å²) in [4.78, 5) is 25.6. The molecule has 6 nitrogen and oxygen atoms in total. The van der Waals surface area contributed by atoms with Crippen LogP contribution in [0.4, 0.5) is 0 Å². The van der Waals surface area contributed by atoms with Gasteiger partial charge in [-0.05, 0) is 31.6 Å². The lowest BCUT2D eigenvalue weighted by Crippen LogP contribution is -2.59. The highest BCUT2D eigenvalue weighted by Crippen LogP contribution is 2.37. The second-order valence-corrected chi connectivity index (χ2v) is 6.01. The molecule has 6 heteroatoms. The Morgan fingerprint density at radius 2 is 2.00 bits per heavy atom. The molecule has 1 amide bonds. The molecule has 0 aromatic rings. The number of nitrogens with one attached hydrogen (secondary N) is 1. The van der Waals surface area contributed by atoms with Gasteiger partial charge in [0.05, 0.1) is 13.2 Å². The van der Waals surface area contributed by atoms with Crippen molar-refractivity contribution in [3.63, 3.8) is 0 Å². The number of carboxylic acids is 1. The molecule has 1 aliphatic carbocycles. The first-order chi connectivity index (χ1) is 10.1. The van der Waals surface area contributed by atoms with E-state index in [2.05, 4.69) is 5.32 Å². The predicted molar refractivity (Wildman–Crippen MR) is 78.0 cm³/mol. The van der Waals surface area contributed by atoms with Crippen molar-refractivity contribution < 1.29 is 19.4 Å². The van der Waals surface area contributed by atoms with E-state index in [1.54, 1.807) is 12.0 Å². The fourth-order valence-corrected chi connectivity index (χ4v) is 3.70. The van der Waals surface area contributed by atoms with Crippen molar-refractivity contribution >= 4 is 11.9 Å². The lowest BCUT2D eigenvalue weighted by Gasteiger charge is -2.47. The number of amides is 1. The fraction of sp³-hybridized carbons (Fsp3) is 0.867. The molecule has 0 aromatic carbocycles. The Labute approximate surface area is 125 Å². The first kappa shape index (κ1) is 16.2. The van der Waals surface area contributed by atoms with E-state index < -0.39 is 12.0 Å². The number of hydrogen-bond donors (Lipinski definition) is 2. The zero-order valence-electron chi connectivity index (χ0n) is 12.7. The molecule has 1 aliphatic heterocycles. The Balaban J connectivity index is 2.01. The van der Waals surface area contributed by atoms with Crippen LogP contribution >= 0.6 is 0 Å². The Hall–Kier alpha value is -1.14. The molecule has 2 N–H and O–H groups in total. The number of ether oxygens (including phenoxy) is 1. The smallest absolute Gasteiger partial charge is 0.326 e. The van der Waals surface area contributed by atoms with Gasteiger partial charge in [-0.25, -0.2) is 4.79 Å². The molecule has 2 aliphatic rings. The topological polar surface area (TPSA) is 78.9 Å². The van der Waals surface area contributed by atoms with Gasteiger partial charge >= 0.3 is 5.97 Å². The van der Waals surface area contributed by atoms with Crippen LogP contribution in [0.1, 0.15) is 38.5 Å². The van der Waals surface area contributed by atoms with Gasteiger partial charge in [-0.1, -0.05) is 12.8 Å². The molecular formula is C15H26N2O4. The number of hydrogen-bond acceptors (Lipinski definition) is 4. The van der Waals surface area contributed by atoms with Crippen molar-refractivity contribution in [1.82, 2.24) is 10.2 Å². The van der Waals surface area contributed by atoms with Gasteiger partial charge in [0.25, 0.3) is 0 Å². The van der Waals surface area contributed by atoms with Crippen LogP contribution in [0.3, 0.4) is 0 Å². The largest absolute Gasteiger partial charge is 0.480 e. The standard InChI is InChI=1S/C15H26N2O4/c1-21-9-8-16-10-14(18)17-12-5-3-2-4-11(12)6-7-13(17)15(19)20/h11-13,16H,2-10H2,1H3,(H,19,20). The summed E-state index contributed by atoms with van der Waals surface area (Å²) in [5.74, 6) is -0.475. The number of methoxy groups -OCH3 is 1. The summed E-state index contributed by atoms with van der Waals surface area (Å²) in [5, 5.41) is 12.5.